The number of sulfonamides is 1. The van der Waals surface area contributed by atoms with Gasteiger partial charge in [0.25, 0.3) is 10.0 Å². The Morgan fingerprint density at radius 1 is 1.18 bits per heavy atom. The molecule has 0 aliphatic heterocycles. The van der Waals surface area contributed by atoms with E-state index in [4.69, 9.17) is 9.47 Å². The van der Waals surface area contributed by atoms with E-state index in [0.717, 1.165) is 11.1 Å². The predicted molar refractivity (Wildman–Crippen MR) is 130 cm³/mol. The first-order chi connectivity index (χ1) is 16.0. The number of aromatic nitrogens is 2. The smallest absolute Gasteiger partial charge is 0.313 e. The number of aryl methyl sites for hydroxylation is 2. The zero-order valence-corrected chi connectivity index (χ0v) is 20.9. The van der Waals surface area contributed by atoms with Crippen molar-refractivity contribution in [2.75, 3.05) is 25.0 Å². The third-order valence-electron chi connectivity index (χ3n) is 5.91. The largest absolute Gasteiger partial charge is 0.481 e. The number of methoxy groups -OCH3 is 1. The quantitative estimate of drug-likeness (QED) is 0.486. The average molecular weight is 490 g/mol. The first-order valence-electron chi connectivity index (χ1n) is 10.9. The molecule has 0 atom stereocenters. The fourth-order valence-electron chi connectivity index (χ4n) is 3.61. The molecule has 0 spiro atoms. The van der Waals surface area contributed by atoms with Crippen LogP contribution in [0.1, 0.15) is 32.3 Å². The van der Waals surface area contributed by atoms with E-state index >= 15 is 0 Å². The van der Waals surface area contributed by atoms with Crippen LogP contribution in [0.25, 0.3) is 11.1 Å². The summed E-state index contributed by atoms with van der Waals surface area (Å²) in [6.07, 6.45) is 3.61. The van der Waals surface area contributed by atoms with Crippen molar-refractivity contribution in [1.82, 2.24) is 9.78 Å². The van der Waals surface area contributed by atoms with Crippen LogP contribution in [0.15, 0.2) is 46.9 Å². The van der Waals surface area contributed by atoms with Crippen LogP contribution in [-0.4, -0.2) is 49.6 Å². The van der Waals surface area contributed by atoms with Gasteiger partial charge in [-0.25, -0.2) is 13.1 Å². The Labute approximate surface area is 200 Å². The third kappa shape index (κ3) is 5.34. The van der Waals surface area contributed by atoms with Crippen LogP contribution < -0.4 is 9.46 Å². The molecule has 0 saturated carbocycles. The molecular weight excluding hydrogens is 458 g/mol. The van der Waals surface area contributed by atoms with Gasteiger partial charge in [-0.3, -0.25) is 9.52 Å². The fraction of sp³-hybridized carbons (Fsp3) is 0.417. The van der Waals surface area contributed by atoms with Crippen LogP contribution in [0.5, 0.6) is 5.88 Å². The summed E-state index contributed by atoms with van der Waals surface area (Å²) in [6.45, 7) is 5.81. The molecule has 0 radical (unpaired) electrons. The molecule has 0 bridgehead atoms. The highest BCUT2D eigenvalue weighted by atomic mass is 32.2. The molecule has 1 heterocycles. The van der Waals surface area contributed by atoms with Gasteiger partial charge in [0.2, 0.25) is 5.88 Å². The van der Waals surface area contributed by atoms with Gasteiger partial charge in [0.15, 0.2) is 0 Å². The maximum Gasteiger partial charge on any atom is 0.313 e. The molecule has 184 valence electrons. The summed E-state index contributed by atoms with van der Waals surface area (Å²) in [5.41, 5.74) is 1.96. The van der Waals surface area contributed by atoms with E-state index in [9.17, 15) is 18.3 Å². The number of allylic oxidation sites excluding steroid dienone is 3. The number of carboxylic acid groups (broad SMARTS) is 1. The average Bonchev–Trinajstić information content (AvgIpc) is 3.09. The molecule has 1 aliphatic carbocycles. The number of anilines is 1. The number of rotatable bonds is 10. The monoisotopic (exact) mass is 489 g/mol. The number of hydrogen-bond donors (Lipinski definition) is 2. The van der Waals surface area contributed by atoms with Gasteiger partial charge in [-0.2, -0.15) is 0 Å². The first kappa shape index (κ1) is 25.5. The van der Waals surface area contributed by atoms with Crippen molar-refractivity contribution in [3.8, 4) is 17.0 Å². The van der Waals surface area contributed by atoms with Gasteiger partial charge >= 0.3 is 5.97 Å². The van der Waals surface area contributed by atoms with Gasteiger partial charge < -0.3 is 14.6 Å². The van der Waals surface area contributed by atoms with Crippen LogP contribution in [0.3, 0.4) is 0 Å². The summed E-state index contributed by atoms with van der Waals surface area (Å²) >= 11 is 0. The van der Waals surface area contributed by atoms with Gasteiger partial charge in [0.05, 0.1) is 22.5 Å². The van der Waals surface area contributed by atoms with Crippen molar-refractivity contribution in [3.63, 3.8) is 0 Å². The number of nitrogens with one attached hydrogen (secondary N) is 1. The molecule has 3 rings (SSSR count). The highest BCUT2D eigenvalue weighted by molar-refractivity contribution is 7.96. The van der Waals surface area contributed by atoms with E-state index in [1.165, 1.54) is 10.8 Å². The number of nitrogens with zero attached hydrogens (tertiary/aromatic N) is 2. The Kier molecular flexibility index (Phi) is 7.52. The zero-order valence-electron chi connectivity index (χ0n) is 20.1. The molecule has 0 saturated heterocycles. The normalized spacial score (nSPS) is 14.4. The van der Waals surface area contributed by atoms with Crippen LogP contribution >= 0.6 is 0 Å². The third-order valence-corrected chi connectivity index (χ3v) is 7.40. The summed E-state index contributed by atoms with van der Waals surface area (Å²) in [7, 11) is -0.713. The van der Waals surface area contributed by atoms with E-state index in [1.807, 2.05) is 31.2 Å². The lowest BCUT2D eigenvalue weighted by Gasteiger charge is -2.26. The summed E-state index contributed by atoms with van der Waals surface area (Å²) < 4.78 is 41.5. The van der Waals surface area contributed by atoms with Crippen LogP contribution in [0.2, 0.25) is 0 Å². The highest BCUT2D eigenvalue weighted by Crippen LogP contribution is 2.39. The van der Waals surface area contributed by atoms with Gasteiger partial charge in [0, 0.05) is 14.2 Å². The minimum Gasteiger partial charge on any atom is -0.481 e. The number of carbonyl (C=O) groups is 1. The first-order valence-corrected chi connectivity index (χ1v) is 12.4. The van der Waals surface area contributed by atoms with E-state index in [0.29, 0.717) is 30.0 Å². The molecule has 10 heteroatoms. The molecule has 0 amide bonds. The molecular formula is C24H31N3O6S. The van der Waals surface area contributed by atoms with Crippen molar-refractivity contribution in [3.05, 3.63) is 52.5 Å². The summed E-state index contributed by atoms with van der Waals surface area (Å²) in [4.78, 5) is 11.7. The van der Waals surface area contributed by atoms with E-state index in [1.54, 1.807) is 34.1 Å². The second kappa shape index (κ2) is 10.0. The number of benzene rings is 1. The second-order valence-corrected chi connectivity index (χ2v) is 10.5. The Hall–Kier alpha value is -3.11. The lowest BCUT2D eigenvalue weighted by atomic mass is 9.80. The number of aliphatic carboxylic acids is 1. The maximum atomic E-state index is 13.3. The Bertz CT molecular complexity index is 1220. The molecule has 0 fully saturated rings. The van der Waals surface area contributed by atoms with Crippen LogP contribution in [0.4, 0.5) is 5.82 Å². The standard InChI is InChI=1S/C24H31N3O6S/c1-16-6-8-17(9-7-16)20-21(27(4)25-22(20)33-15-14-32-5)26-34(30,31)19-12-10-18(11-13-19)24(2,3)23(28)29/h6-10,12,26H,11,13-15H2,1-5H3,(H,28,29). The van der Waals surface area contributed by atoms with Crippen molar-refractivity contribution >= 4 is 21.8 Å². The molecule has 2 aromatic rings. The summed E-state index contributed by atoms with van der Waals surface area (Å²) in [5.74, 6) is -0.378. The molecule has 1 aromatic heterocycles. The van der Waals surface area contributed by atoms with Gasteiger partial charge in [-0.05, 0) is 45.3 Å². The minimum absolute atomic E-state index is 0.176. The van der Waals surface area contributed by atoms with Crippen molar-refractivity contribution in [2.45, 2.75) is 33.6 Å². The van der Waals surface area contributed by atoms with E-state index in [-0.39, 0.29) is 23.8 Å². The number of hydrogen-bond acceptors (Lipinski definition) is 6. The zero-order chi connectivity index (χ0) is 25.1. The van der Waals surface area contributed by atoms with Crippen molar-refractivity contribution in [2.24, 2.45) is 12.5 Å². The van der Waals surface area contributed by atoms with Gasteiger partial charge in [-0.1, -0.05) is 41.5 Å². The Morgan fingerprint density at radius 3 is 2.41 bits per heavy atom. The Morgan fingerprint density at radius 2 is 1.85 bits per heavy atom. The van der Waals surface area contributed by atoms with Crippen molar-refractivity contribution in [1.29, 1.82) is 0 Å². The Balaban J connectivity index is 1.98. The van der Waals surface area contributed by atoms with Gasteiger partial charge in [0.1, 0.15) is 12.4 Å². The van der Waals surface area contributed by atoms with Crippen LogP contribution in [0, 0.1) is 12.3 Å². The topological polar surface area (TPSA) is 120 Å². The highest BCUT2D eigenvalue weighted by Gasteiger charge is 2.34. The van der Waals surface area contributed by atoms with Crippen LogP contribution in [-0.2, 0) is 26.6 Å². The number of carboxylic acids is 1. The predicted octanol–water partition coefficient (Wildman–Crippen LogP) is 3.88. The molecule has 0 unspecified atom stereocenters. The number of ether oxygens (including phenoxy) is 2. The molecule has 1 aliphatic rings. The minimum atomic E-state index is -3.92. The summed E-state index contributed by atoms with van der Waals surface area (Å²) in [5, 5.41) is 13.8. The van der Waals surface area contributed by atoms with E-state index in [2.05, 4.69) is 9.82 Å². The lowest BCUT2D eigenvalue weighted by molar-refractivity contribution is -0.144. The van der Waals surface area contributed by atoms with E-state index < -0.39 is 21.4 Å². The SMILES string of the molecule is COCCOc1nn(C)c(NS(=O)(=O)C2=CC=C(C(C)(C)C(=O)O)CC2)c1-c1ccc(C)cc1. The lowest BCUT2D eigenvalue weighted by Crippen LogP contribution is -2.27. The maximum absolute atomic E-state index is 13.3. The second-order valence-electron chi connectivity index (χ2n) is 8.72. The molecule has 34 heavy (non-hydrogen) atoms. The molecule has 1 aromatic carbocycles. The molecule has 9 nitrogen and oxygen atoms in total. The van der Waals surface area contributed by atoms with Crippen molar-refractivity contribution < 1.29 is 27.8 Å². The fourth-order valence-corrected chi connectivity index (χ4v) is 4.85. The molecule has 2 N–H and O–H groups in total. The summed E-state index contributed by atoms with van der Waals surface area (Å²) in [6, 6.07) is 7.63. The van der Waals surface area contributed by atoms with Gasteiger partial charge in [-0.15, -0.1) is 5.10 Å².